The fraction of sp³-hybridized carbons (Fsp3) is 0.875. The molecule has 16 heavy (non-hydrogen) atoms. The van der Waals surface area contributed by atoms with Gasteiger partial charge in [-0.1, -0.05) is 0 Å². The molecule has 3 N–H and O–H groups in total. The van der Waals surface area contributed by atoms with Crippen molar-refractivity contribution in [1.82, 2.24) is 0 Å². The molecule has 0 aromatic rings. The molecule has 0 fully saturated rings. The number of carbonyl (C=O) groups excluding carboxylic acids is 1. The van der Waals surface area contributed by atoms with Crippen LogP contribution in [0.2, 0.25) is 0 Å². The molecule has 0 rings (SSSR count). The second-order valence-electron chi connectivity index (χ2n) is 3.53. The quantitative estimate of drug-likeness (QED) is 0.205. The fourth-order valence-electron chi connectivity index (χ4n) is 0.686. The lowest BCUT2D eigenvalue weighted by Gasteiger charge is -2.28. The Hall–Kier alpha value is 0.400. The molecule has 0 aromatic carbocycles. The van der Waals surface area contributed by atoms with Crippen LogP contribution in [-0.4, -0.2) is 57.5 Å². The van der Waals surface area contributed by atoms with Crippen molar-refractivity contribution in [3.05, 3.63) is 0 Å². The summed E-state index contributed by atoms with van der Waals surface area (Å²) in [7, 11) is 0. The van der Waals surface area contributed by atoms with Crippen LogP contribution in [0, 0.1) is 5.41 Å². The van der Waals surface area contributed by atoms with Gasteiger partial charge in [-0.25, -0.2) is 4.79 Å². The highest BCUT2D eigenvalue weighted by molar-refractivity contribution is 8.03. The molecule has 0 aliphatic carbocycles. The van der Waals surface area contributed by atoms with Crippen LogP contribution >= 0.6 is 37.9 Å². The van der Waals surface area contributed by atoms with E-state index in [0.29, 0.717) is 0 Å². The summed E-state index contributed by atoms with van der Waals surface area (Å²) in [6.45, 7) is -1.81. The van der Waals surface area contributed by atoms with Crippen LogP contribution in [0.1, 0.15) is 0 Å². The maximum absolute atomic E-state index is 11.4. The maximum Gasteiger partial charge on any atom is 0.332 e. The molecule has 0 heterocycles. The average molecular weight is 288 g/mol. The summed E-state index contributed by atoms with van der Waals surface area (Å²) in [6.07, 6.45) is 0. The molecule has 0 saturated heterocycles. The smallest absolute Gasteiger partial charge is 0.332 e. The van der Waals surface area contributed by atoms with E-state index in [9.17, 15) is 4.79 Å². The van der Waals surface area contributed by atoms with Crippen molar-refractivity contribution in [3.63, 3.8) is 0 Å². The molecule has 96 valence electrons. The first-order chi connectivity index (χ1) is 7.37. The van der Waals surface area contributed by atoms with Crippen molar-refractivity contribution < 1.29 is 24.9 Å². The van der Waals surface area contributed by atoms with Crippen LogP contribution in [0.3, 0.4) is 0 Å². The van der Waals surface area contributed by atoms with Crippen LogP contribution in [0.5, 0.6) is 0 Å². The first kappa shape index (κ1) is 16.4. The van der Waals surface area contributed by atoms with E-state index in [1.165, 1.54) is 0 Å². The first-order valence-electron chi connectivity index (χ1n) is 4.43. The molecule has 5 nitrogen and oxygen atoms in total. The Labute approximate surface area is 110 Å². The third-order valence-electron chi connectivity index (χ3n) is 2.06. The Morgan fingerprint density at radius 1 is 1.12 bits per heavy atom. The zero-order chi connectivity index (χ0) is 12.8. The number of rotatable bonds is 7. The Kier molecular flexibility index (Phi) is 7.15. The van der Waals surface area contributed by atoms with Gasteiger partial charge in [-0.3, -0.25) is 0 Å². The van der Waals surface area contributed by atoms with Gasteiger partial charge in [0.2, 0.25) is 0 Å². The van der Waals surface area contributed by atoms with Crippen LogP contribution in [0.15, 0.2) is 0 Å². The van der Waals surface area contributed by atoms with Crippen molar-refractivity contribution in [1.29, 1.82) is 0 Å². The molecule has 0 spiro atoms. The molecular formula is C8H16O5S3. The lowest BCUT2D eigenvalue weighted by molar-refractivity contribution is -0.151. The zero-order valence-electron chi connectivity index (χ0n) is 8.54. The summed E-state index contributed by atoms with van der Waals surface area (Å²) in [5.41, 5.74) is -1.25. The molecule has 0 aliphatic heterocycles. The summed E-state index contributed by atoms with van der Waals surface area (Å²) < 4.78 is 3.48. The minimum Gasteiger partial charge on any atom is -0.463 e. The molecule has 0 bridgehead atoms. The van der Waals surface area contributed by atoms with Gasteiger partial charge >= 0.3 is 5.97 Å². The van der Waals surface area contributed by atoms with E-state index in [-0.39, 0.29) is 12.4 Å². The molecule has 8 heteroatoms. The van der Waals surface area contributed by atoms with E-state index in [0.717, 1.165) is 0 Å². The lowest BCUT2D eigenvalue weighted by atomic mass is 9.93. The summed E-state index contributed by atoms with van der Waals surface area (Å²) in [6, 6.07) is 0. The Morgan fingerprint density at radius 3 is 1.88 bits per heavy atom. The van der Waals surface area contributed by atoms with Crippen molar-refractivity contribution in [2.75, 3.05) is 32.2 Å². The third-order valence-corrected chi connectivity index (χ3v) is 3.72. The number of hydrogen-bond acceptors (Lipinski definition) is 8. The fourth-order valence-corrected chi connectivity index (χ4v) is 0.944. The molecule has 0 radical (unpaired) electrons. The van der Waals surface area contributed by atoms with Crippen LogP contribution < -0.4 is 0 Å². The van der Waals surface area contributed by atoms with Gasteiger partial charge < -0.3 is 20.1 Å². The number of aliphatic hydroxyl groups excluding tert-OH is 3. The van der Waals surface area contributed by atoms with Crippen molar-refractivity contribution in [3.8, 4) is 0 Å². The van der Waals surface area contributed by atoms with Gasteiger partial charge in [0, 0.05) is 5.75 Å². The van der Waals surface area contributed by atoms with Gasteiger partial charge in [0.15, 0.2) is 4.08 Å². The maximum atomic E-state index is 11.4. The Morgan fingerprint density at radius 2 is 1.56 bits per heavy atom. The Balaban J connectivity index is 4.38. The molecule has 0 atom stereocenters. The van der Waals surface area contributed by atoms with Crippen molar-refractivity contribution in [2.45, 2.75) is 4.08 Å². The van der Waals surface area contributed by atoms with Crippen LogP contribution in [-0.2, 0) is 9.53 Å². The molecule has 0 amide bonds. The zero-order valence-corrected chi connectivity index (χ0v) is 11.2. The van der Waals surface area contributed by atoms with Crippen molar-refractivity contribution >= 4 is 43.9 Å². The molecule has 0 unspecified atom stereocenters. The summed E-state index contributed by atoms with van der Waals surface area (Å²) in [5.74, 6) is -0.684. The van der Waals surface area contributed by atoms with E-state index in [4.69, 9.17) is 20.1 Å². The predicted octanol–water partition coefficient (Wildman–Crippen LogP) is -1.02. The molecule has 0 aliphatic rings. The standard InChI is InChI=1S/C8H16O5S3/c9-1-7(2-10,3-11)4-13-6(12)8(15,16)5-14/h9-11,14-16H,1-5H2. The normalized spacial score (nSPS) is 12.6. The number of carbonyl (C=O) groups is 1. The lowest BCUT2D eigenvalue weighted by Crippen LogP contribution is -2.42. The third kappa shape index (κ3) is 4.34. The van der Waals surface area contributed by atoms with E-state index >= 15 is 0 Å². The van der Waals surface area contributed by atoms with Crippen LogP contribution in [0.25, 0.3) is 0 Å². The first-order valence-corrected chi connectivity index (χ1v) is 5.95. The minimum absolute atomic E-state index is 0.0580. The topological polar surface area (TPSA) is 87.0 Å². The van der Waals surface area contributed by atoms with Crippen molar-refractivity contribution in [2.24, 2.45) is 5.41 Å². The second-order valence-corrected chi connectivity index (χ2v) is 5.72. The van der Waals surface area contributed by atoms with Gasteiger partial charge in [-0.15, -0.1) is 25.3 Å². The Bertz CT molecular complexity index is 221. The average Bonchev–Trinajstić information content (AvgIpc) is 2.31. The molecule has 0 aromatic heterocycles. The van der Waals surface area contributed by atoms with Gasteiger partial charge in [0.05, 0.1) is 25.2 Å². The van der Waals surface area contributed by atoms with Gasteiger partial charge in [0.25, 0.3) is 0 Å². The van der Waals surface area contributed by atoms with Gasteiger partial charge in [-0.2, -0.15) is 12.6 Å². The summed E-state index contributed by atoms with van der Waals surface area (Å²) in [4.78, 5) is 11.4. The number of esters is 1. The van der Waals surface area contributed by atoms with Gasteiger partial charge in [0.1, 0.15) is 6.61 Å². The van der Waals surface area contributed by atoms with E-state index < -0.39 is 35.3 Å². The van der Waals surface area contributed by atoms with E-state index in [1.54, 1.807) is 0 Å². The highest BCUT2D eigenvalue weighted by Gasteiger charge is 2.35. The highest BCUT2D eigenvalue weighted by atomic mass is 32.2. The predicted molar refractivity (Wildman–Crippen MR) is 69.2 cm³/mol. The molecular weight excluding hydrogens is 272 g/mol. The largest absolute Gasteiger partial charge is 0.463 e. The highest BCUT2D eigenvalue weighted by Crippen LogP contribution is 2.24. The SMILES string of the molecule is O=C(OCC(CO)(CO)CO)C(S)(S)CS. The van der Waals surface area contributed by atoms with Gasteiger partial charge in [-0.05, 0) is 0 Å². The molecule has 0 saturated carbocycles. The summed E-state index contributed by atoms with van der Waals surface area (Å²) in [5, 5.41) is 27.0. The number of thiol groups is 3. The number of aliphatic hydroxyl groups is 3. The van der Waals surface area contributed by atoms with E-state index in [2.05, 4.69) is 37.9 Å². The van der Waals surface area contributed by atoms with E-state index in [1.807, 2.05) is 0 Å². The minimum atomic E-state index is -1.34. The van der Waals surface area contributed by atoms with Crippen LogP contribution in [0.4, 0.5) is 0 Å². The monoisotopic (exact) mass is 288 g/mol. The number of hydrogen-bond donors (Lipinski definition) is 6. The number of ether oxygens (including phenoxy) is 1. The second kappa shape index (κ2) is 6.97. The summed E-state index contributed by atoms with van der Waals surface area (Å²) >= 11 is 11.7.